The van der Waals surface area contributed by atoms with Crippen molar-refractivity contribution >= 4 is 0 Å². The zero-order chi connectivity index (χ0) is 17.6. The quantitative estimate of drug-likeness (QED) is 0.701. The summed E-state index contributed by atoms with van der Waals surface area (Å²) in [5.74, 6) is 3.57. The second-order valence-electron chi connectivity index (χ2n) is 8.77. The third kappa shape index (κ3) is 4.98. The minimum Gasteiger partial charge on any atom is -0.377 e. The van der Waals surface area contributed by atoms with Crippen LogP contribution < -0.4 is 5.73 Å². The predicted octanol–water partition coefficient (Wildman–Crippen LogP) is 5.63. The van der Waals surface area contributed by atoms with E-state index in [9.17, 15) is 0 Å². The second-order valence-corrected chi connectivity index (χ2v) is 8.77. The molecule has 3 aliphatic rings. The van der Waals surface area contributed by atoms with Gasteiger partial charge in [-0.1, -0.05) is 25.2 Å². The lowest BCUT2D eigenvalue weighted by atomic mass is 9.67. The van der Waals surface area contributed by atoms with Crippen LogP contribution in [-0.2, 0) is 4.74 Å². The summed E-state index contributed by atoms with van der Waals surface area (Å²) in [5.41, 5.74) is 7.88. The van der Waals surface area contributed by atoms with Crippen LogP contribution in [0, 0.1) is 23.7 Å². The number of hydrogen-bond acceptors (Lipinski definition) is 2. The van der Waals surface area contributed by atoms with E-state index in [1.165, 1.54) is 57.8 Å². The van der Waals surface area contributed by atoms with E-state index in [4.69, 9.17) is 10.5 Å². The number of allylic oxidation sites excluding steroid dienone is 3. The van der Waals surface area contributed by atoms with Crippen LogP contribution in [0.25, 0.3) is 0 Å². The van der Waals surface area contributed by atoms with E-state index in [2.05, 4.69) is 25.2 Å². The molecule has 0 bridgehead atoms. The Morgan fingerprint density at radius 3 is 2.24 bits per heavy atom. The molecule has 0 saturated heterocycles. The minimum absolute atomic E-state index is 0.315. The third-order valence-electron chi connectivity index (χ3n) is 7.44. The van der Waals surface area contributed by atoms with Crippen molar-refractivity contribution in [2.75, 3.05) is 7.11 Å². The Kier molecular flexibility index (Phi) is 7.18. The van der Waals surface area contributed by atoms with Crippen molar-refractivity contribution in [1.29, 1.82) is 0 Å². The van der Waals surface area contributed by atoms with E-state index in [-0.39, 0.29) is 0 Å². The van der Waals surface area contributed by atoms with Gasteiger partial charge in [-0.25, -0.2) is 0 Å². The van der Waals surface area contributed by atoms with Gasteiger partial charge in [0.2, 0.25) is 0 Å². The third-order valence-corrected chi connectivity index (χ3v) is 7.44. The number of ether oxygens (including phenoxy) is 1. The van der Waals surface area contributed by atoms with Crippen molar-refractivity contribution < 1.29 is 4.74 Å². The molecule has 2 fully saturated rings. The van der Waals surface area contributed by atoms with Crippen LogP contribution in [0.1, 0.15) is 77.6 Å². The molecular formula is C23H39NO. The summed E-state index contributed by atoms with van der Waals surface area (Å²) in [6, 6.07) is 0.446. The maximum Gasteiger partial charge on any atom is 0.0758 e. The lowest BCUT2D eigenvalue weighted by Gasteiger charge is -2.39. The molecule has 2 atom stereocenters. The minimum atomic E-state index is 0.315. The largest absolute Gasteiger partial charge is 0.377 e. The fourth-order valence-electron chi connectivity index (χ4n) is 5.60. The summed E-state index contributed by atoms with van der Waals surface area (Å²) in [5, 5.41) is 0. The van der Waals surface area contributed by atoms with Crippen molar-refractivity contribution in [3.05, 3.63) is 23.8 Å². The van der Waals surface area contributed by atoms with Crippen LogP contribution in [-0.4, -0.2) is 19.3 Å². The van der Waals surface area contributed by atoms with Gasteiger partial charge in [-0.3, -0.25) is 0 Å². The molecule has 0 aromatic heterocycles. The molecule has 0 radical (unpaired) electrons. The average Bonchev–Trinajstić information content (AvgIpc) is 2.93. The normalized spacial score (nSPS) is 38.0. The lowest BCUT2D eigenvalue weighted by Crippen LogP contribution is -2.34. The Labute approximate surface area is 155 Å². The van der Waals surface area contributed by atoms with Crippen LogP contribution in [0.3, 0.4) is 0 Å². The van der Waals surface area contributed by atoms with Gasteiger partial charge in [-0.2, -0.15) is 0 Å². The Bertz CT molecular complexity index is 453. The molecule has 25 heavy (non-hydrogen) atoms. The highest BCUT2D eigenvalue weighted by molar-refractivity contribution is 5.25. The van der Waals surface area contributed by atoms with E-state index < -0.39 is 0 Å². The summed E-state index contributed by atoms with van der Waals surface area (Å²) >= 11 is 0. The maximum absolute atomic E-state index is 6.28. The van der Waals surface area contributed by atoms with Gasteiger partial charge in [0.1, 0.15) is 0 Å². The molecule has 0 aromatic carbocycles. The molecule has 2 heteroatoms. The molecule has 2 saturated carbocycles. The summed E-state index contributed by atoms with van der Waals surface area (Å²) in [6.45, 7) is 2.24. The van der Waals surface area contributed by atoms with Gasteiger partial charge in [-0.15, -0.1) is 0 Å². The molecule has 2 nitrogen and oxygen atoms in total. The Balaban J connectivity index is 1.46. The topological polar surface area (TPSA) is 35.2 Å². The standard InChI is InChI=1S/C23H39NO/c1-3-23(24)21-13-11-20(12-14-21)19-9-7-18(8-10-19)17-5-4-6-22(25-2)16-15-17/h5,15-16,18-23H,3-4,6-14,24H2,1-2H3. The van der Waals surface area contributed by atoms with Crippen LogP contribution in [0.4, 0.5) is 0 Å². The van der Waals surface area contributed by atoms with Crippen molar-refractivity contribution in [2.24, 2.45) is 29.4 Å². The van der Waals surface area contributed by atoms with Gasteiger partial charge in [0, 0.05) is 13.2 Å². The highest BCUT2D eigenvalue weighted by Crippen LogP contribution is 2.43. The first-order valence-corrected chi connectivity index (χ1v) is 10.9. The predicted molar refractivity (Wildman–Crippen MR) is 106 cm³/mol. The average molecular weight is 346 g/mol. The van der Waals surface area contributed by atoms with Crippen molar-refractivity contribution in [1.82, 2.24) is 0 Å². The second kappa shape index (κ2) is 9.37. The molecule has 0 heterocycles. The van der Waals surface area contributed by atoms with E-state index in [0.29, 0.717) is 12.1 Å². The molecule has 0 aromatic rings. The Hall–Kier alpha value is -0.600. The zero-order valence-electron chi connectivity index (χ0n) is 16.5. The van der Waals surface area contributed by atoms with Gasteiger partial charge >= 0.3 is 0 Å². The summed E-state index contributed by atoms with van der Waals surface area (Å²) in [4.78, 5) is 0. The van der Waals surface area contributed by atoms with Crippen LogP contribution >= 0.6 is 0 Å². The smallest absolute Gasteiger partial charge is 0.0758 e. The first-order chi connectivity index (χ1) is 12.2. The van der Waals surface area contributed by atoms with Gasteiger partial charge < -0.3 is 10.5 Å². The van der Waals surface area contributed by atoms with Gasteiger partial charge in [0.15, 0.2) is 0 Å². The van der Waals surface area contributed by atoms with Gasteiger partial charge in [0.05, 0.1) is 6.10 Å². The fourth-order valence-corrected chi connectivity index (χ4v) is 5.60. The van der Waals surface area contributed by atoms with E-state index >= 15 is 0 Å². The maximum atomic E-state index is 6.28. The zero-order valence-corrected chi connectivity index (χ0v) is 16.5. The van der Waals surface area contributed by atoms with Crippen molar-refractivity contribution in [3.8, 4) is 0 Å². The molecule has 2 N–H and O–H groups in total. The lowest BCUT2D eigenvalue weighted by molar-refractivity contribution is 0.135. The first kappa shape index (κ1) is 19.2. The Morgan fingerprint density at radius 2 is 1.64 bits per heavy atom. The fraction of sp³-hybridized carbons (Fsp3) is 0.826. The molecule has 3 rings (SSSR count). The van der Waals surface area contributed by atoms with Crippen LogP contribution in [0.2, 0.25) is 0 Å². The Morgan fingerprint density at radius 1 is 1.00 bits per heavy atom. The SMILES string of the molecule is CCC(N)C1CCC(C2CCC(C3=CCCC(OC)C=C3)CC2)CC1. The van der Waals surface area contributed by atoms with E-state index in [1.54, 1.807) is 5.57 Å². The number of methoxy groups -OCH3 is 1. The summed E-state index contributed by atoms with van der Waals surface area (Å²) in [6.07, 6.45) is 22.2. The molecule has 2 unspecified atom stereocenters. The number of nitrogens with two attached hydrogens (primary N) is 1. The highest BCUT2D eigenvalue weighted by atomic mass is 16.5. The van der Waals surface area contributed by atoms with Gasteiger partial charge in [0.25, 0.3) is 0 Å². The van der Waals surface area contributed by atoms with E-state index in [0.717, 1.165) is 36.5 Å². The van der Waals surface area contributed by atoms with Crippen LogP contribution in [0.15, 0.2) is 23.8 Å². The first-order valence-electron chi connectivity index (χ1n) is 10.9. The molecule has 0 aliphatic heterocycles. The molecule has 0 spiro atoms. The van der Waals surface area contributed by atoms with Crippen molar-refractivity contribution in [2.45, 2.75) is 89.7 Å². The highest BCUT2D eigenvalue weighted by Gasteiger charge is 2.32. The number of hydrogen-bond donors (Lipinski definition) is 1. The molecule has 3 aliphatic carbocycles. The number of rotatable bonds is 5. The molecule has 142 valence electrons. The van der Waals surface area contributed by atoms with E-state index in [1.807, 2.05) is 7.11 Å². The van der Waals surface area contributed by atoms with Crippen LogP contribution in [0.5, 0.6) is 0 Å². The molecular weight excluding hydrogens is 306 g/mol. The summed E-state index contributed by atoms with van der Waals surface area (Å²) in [7, 11) is 1.83. The van der Waals surface area contributed by atoms with Crippen molar-refractivity contribution in [3.63, 3.8) is 0 Å². The monoisotopic (exact) mass is 345 g/mol. The molecule has 0 amide bonds. The summed E-state index contributed by atoms with van der Waals surface area (Å²) < 4.78 is 5.51. The van der Waals surface area contributed by atoms with Gasteiger partial charge in [-0.05, 0) is 99.9 Å².